The average molecular weight is 332 g/mol. The summed E-state index contributed by atoms with van der Waals surface area (Å²) in [6, 6.07) is 2.16. The third-order valence-corrected chi connectivity index (χ3v) is 4.78. The first-order valence-electron chi connectivity index (χ1n) is 8.72. The summed E-state index contributed by atoms with van der Waals surface area (Å²) in [7, 11) is 3.91. The highest BCUT2D eigenvalue weighted by Crippen LogP contribution is 2.25. The zero-order chi connectivity index (χ0) is 17.1. The van der Waals surface area contributed by atoms with E-state index in [1.165, 1.54) is 6.42 Å². The third-order valence-electron chi connectivity index (χ3n) is 4.78. The van der Waals surface area contributed by atoms with Crippen LogP contribution in [-0.4, -0.2) is 71.7 Å². The van der Waals surface area contributed by atoms with E-state index in [9.17, 15) is 0 Å². The number of hydrogen-bond acceptors (Lipinski definition) is 6. The van der Waals surface area contributed by atoms with Gasteiger partial charge in [-0.15, -0.1) is 10.2 Å². The van der Waals surface area contributed by atoms with Gasteiger partial charge in [0.2, 0.25) is 5.65 Å². The number of rotatable bonds is 7. The van der Waals surface area contributed by atoms with Crippen LogP contribution < -0.4 is 4.90 Å². The van der Waals surface area contributed by atoms with Crippen molar-refractivity contribution in [1.29, 1.82) is 0 Å². The molecule has 1 aliphatic heterocycles. The topological polar surface area (TPSA) is 58.8 Å². The lowest BCUT2D eigenvalue weighted by molar-refractivity contribution is 0.159. The minimum atomic E-state index is 0.375. The van der Waals surface area contributed by atoms with E-state index in [1.54, 1.807) is 18.0 Å². The van der Waals surface area contributed by atoms with E-state index in [0.717, 1.165) is 49.8 Å². The lowest BCUT2D eigenvalue weighted by Gasteiger charge is -2.24. The summed E-state index contributed by atoms with van der Waals surface area (Å²) in [4.78, 5) is 4.79. The van der Waals surface area contributed by atoms with Gasteiger partial charge < -0.3 is 14.5 Å². The van der Waals surface area contributed by atoms with Gasteiger partial charge in [-0.3, -0.25) is 0 Å². The lowest BCUT2D eigenvalue weighted by atomic mass is 10.1. The fourth-order valence-electron chi connectivity index (χ4n) is 3.36. The Morgan fingerprint density at radius 1 is 1.42 bits per heavy atom. The first-order chi connectivity index (χ1) is 11.6. The summed E-state index contributed by atoms with van der Waals surface area (Å²) in [6.45, 7) is 9.48. The van der Waals surface area contributed by atoms with Crippen LogP contribution in [-0.2, 0) is 4.74 Å². The molecule has 3 rings (SSSR count). The second-order valence-corrected chi connectivity index (χ2v) is 7.04. The van der Waals surface area contributed by atoms with Crippen molar-refractivity contribution in [3.8, 4) is 0 Å². The lowest BCUT2D eigenvalue weighted by Crippen LogP contribution is -2.30. The average Bonchev–Trinajstić information content (AvgIpc) is 3.20. The van der Waals surface area contributed by atoms with Gasteiger partial charge in [-0.1, -0.05) is 13.8 Å². The highest BCUT2D eigenvalue weighted by atomic mass is 16.5. The molecular weight excluding hydrogens is 304 g/mol. The summed E-state index contributed by atoms with van der Waals surface area (Å²) in [5.74, 6) is 1.05. The van der Waals surface area contributed by atoms with E-state index in [2.05, 4.69) is 52.1 Å². The molecule has 0 aliphatic carbocycles. The van der Waals surface area contributed by atoms with Crippen molar-refractivity contribution in [2.24, 2.45) is 5.92 Å². The van der Waals surface area contributed by atoms with Crippen LogP contribution in [0.1, 0.15) is 31.9 Å². The van der Waals surface area contributed by atoms with Gasteiger partial charge in [-0.2, -0.15) is 9.61 Å². The second kappa shape index (κ2) is 7.44. The van der Waals surface area contributed by atoms with Crippen molar-refractivity contribution >= 4 is 11.3 Å². The van der Waals surface area contributed by atoms with Crippen LogP contribution in [0.25, 0.3) is 5.65 Å². The van der Waals surface area contributed by atoms with E-state index in [-0.39, 0.29) is 0 Å². The Hall–Kier alpha value is -1.73. The van der Waals surface area contributed by atoms with Gasteiger partial charge in [0.25, 0.3) is 0 Å². The number of nitrogens with zero attached hydrogens (tertiary/aromatic N) is 6. The third kappa shape index (κ3) is 3.67. The SMILES string of the molecule is COCCN1CCC(CN(C)c2cc(C(C)C)nn3cnnc23)C1. The molecular formula is C17H28N6O. The van der Waals surface area contributed by atoms with Gasteiger partial charge in [0, 0.05) is 33.8 Å². The van der Waals surface area contributed by atoms with E-state index >= 15 is 0 Å². The van der Waals surface area contributed by atoms with Crippen LogP contribution in [0.3, 0.4) is 0 Å². The van der Waals surface area contributed by atoms with E-state index < -0.39 is 0 Å². The molecule has 0 aromatic carbocycles. The molecule has 0 radical (unpaired) electrons. The Bertz CT molecular complexity index is 670. The van der Waals surface area contributed by atoms with Crippen LogP contribution >= 0.6 is 0 Å². The molecule has 132 valence electrons. The number of methoxy groups -OCH3 is 1. The molecule has 24 heavy (non-hydrogen) atoms. The maximum atomic E-state index is 5.19. The Morgan fingerprint density at radius 2 is 2.25 bits per heavy atom. The molecule has 1 aliphatic rings. The maximum absolute atomic E-state index is 5.19. The van der Waals surface area contributed by atoms with Crippen LogP contribution in [0.4, 0.5) is 5.69 Å². The fourth-order valence-corrected chi connectivity index (χ4v) is 3.36. The van der Waals surface area contributed by atoms with Crippen LogP contribution in [0.15, 0.2) is 12.4 Å². The van der Waals surface area contributed by atoms with E-state index in [4.69, 9.17) is 4.74 Å². The molecule has 1 saturated heterocycles. The maximum Gasteiger partial charge on any atom is 0.200 e. The molecule has 0 N–H and O–H groups in total. The number of aromatic nitrogens is 4. The van der Waals surface area contributed by atoms with Gasteiger partial charge >= 0.3 is 0 Å². The molecule has 0 bridgehead atoms. The fraction of sp³-hybridized carbons (Fsp3) is 0.706. The molecule has 2 aromatic rings. The smallest absolute Gasteiger partial charge is 0.200 e. The normalized spacial score (nSPS) is 18.8. The van der Waals surface area contributed by atoms with Crippen molar-refractivity contribution in [2.75, 3.05) is 51.8 Å². The van der Waals surface area contributed by atoms with Crippen molar-refractivity contribution in [2.45, 2.75) is 26.2 Å². The molecule has 1 unspecified atom stereocenters. The second-order valence-electron chi connectivity index (χ2n) is 7.04. The molecule has 1 atom stereocenters. The first-order valence-corrected chi connectivity index (χ1v) is 8.72. The van der Waals surface area contributed by atoms with E-state index in [0.29, 0.717) is 11.8 Å². The molecule has 7 nitrogen and oxygen atoms in total. The highest BCUT2D eigenvalue weighted by molar-refractivity contribution is 5.68. The van der Waals surface area contributed by atoms with Crippen LogP contribution in [0, 0.1) is 5.92 Å². The van der Waals surface area contributed by atoms with Crippen molar-refractivity contribution in [3.05, 3.63) is 18.1 Å². The number of ether oxygens (including phenoxy) is 1. The zero-order valence-corrected chi connectivity index (χ0v) is 15.1. The van der Waals surface area contributed by atoms with Crippen molar-refractivity contribution in [3.63, 3.8) is 0 Å². The van der Waals surface area contributed by atoms with Gasteiger partial charge in [-0.25, -0.2) is 0 Å². The summed E-state index contributed by atoms with van der Waals surface area (Å²) < 4.78 is 6.98. The highest BCUT2D eigenvalue weighted by Gasteiger charge is 2.24. The van der Waals surface area contributed by atoms with Gasteiger partial charge in [0.05, 0.1) is 18.0 Å². The van der Waals surface area contributed by atoms with Crippen molar-refractivity contribution in [1.82, 2.24) is 24.7 Å². The summed E-state index contributed by atoms with van der Waals surface area (Å²) >= 11 is 0. The quantitative estimate of drug-likeness (QED) is 0.768. The number of hydrogen-bond donors (Lipinski definition) is 0. The van der Waals surface area contributed by atoms with Crippen molar-refractivity contribution < 1.29 is 4.74 Å². The predicted octanol–water partition coefficient (Wildman–Crippen LogP) is 1.65. The minimum Gasteiger partial charge on any atom is -0.383 e. The van der Waals surface area contributed by atoms with Crippen LogP contribution in [0.2, 0.25) is 0 Å². The minimum absolute atomic E-state index is 0.375. The largest absolute Gasteiger partial charge is 0.383 e. The Balaban J connectivity index is 1.72. The molecule has 2 aromatic heterocycles. The Labute approximate surface area is 143 Å². The Morgan fingerprint density at radius 3 is 3.00 bits per heavy atom. The summed E-state index contributed by atoms with van der Waals surface area (Å²) in [5, 5.41) is 12.9. The molecule has 7 heteroatoms. The zero-order valence-electron chi connectivity index (χ0n) is 15.1. The molecule has 0 saturated carbocycles. The summed E-state index contributed by atoms with van der Waals surface area (Å²) in [5.41, 5.74) is 3.01. The molecule has 3 heterocycles. The molecule has 0 spiro atoms. The number of fused-ring (bicyclic) bond motifs is 1. The first kappa shape index (κ1) is 17.1. The van der Waals surface area contributed by atoms with Gasteiger partial charge in [0.15, 0.2) is 0 Å². The summed E-state index contributed by atoms with van der Waals surface area (Å²) in [6.07, 6.45) is 2.92. The number of likely N-dealkylation sites (tertiary alicyclic amines) is 1. The monoisotopic (exact) mass is 332 g/mol. The Kier molecular flexibility index (Phi) is 5.30. The molecule has 0 amide bonds. The van der Waals surface area contributed by atoms with E-state index in [1.807, 2.05) is 0 Å². The van der Waals surface area contributed by atoms with Crippen LogP contribution in [0.5, 0.6) is 0 Å². The van der Waals surface area contributed by atoms with Gasteiger partial charge in [-0.05, 0) is 30.9 Å². The molecule has 1 fully saturated rings. The predicted molar refractivity (Wildman–Crippen MR) is 94.6 cm³/mol. The number of anilines is 1. The van der Waals surface area contributed by atoms with Gasteiger partial charge in [0.1, 0.15) is 6.33 Å². The standard InChI is InChI=1S/C17H28N6O/c1-13(2)15-9-16(17-19-18-12-23(17)20-15)21(3)10-14-5-6-22(11-14)7-8-24-4/h9,12-14H,5-8,10-11H2,1-4H3.